The van der Waals surface area contributed by atoms with E-state index < -0.39 is 23.6 Å². The minimum atomic E-state index is -1.52. The number of benzene rings is 1. The van der Waals surface area contributed by atoms with E-state index in [1.165, 1.54) is 11.3 Å². The van der Waals surface area contributed by atoms with Crippen molar-refractivity contribution in [2.45, 2.75) is 19.4 Å². The molecular formula is C13H11F3OS. The van der Waals surface area contributed by atoms with Crippen molar-refractivity contribution in [3.8, 4) is 0 Å². The fourth-order valence-corrected chi connectivity index (χ4v) is 2.60. The van der Waals surface area contributed by atoms with Crippen molar-refractivity contribution in [3.05, 3.63) is 57.0 Å². The summed E-state index contributed by atoms with van der Waals surface area (Å²) in [5.41, 5.74) is 0.0101. The van der Waals surface area contributed by atoms with E-state index in [-0.39, 0.29) is 5.56 Å². The molecule has 1 aromatic carbocycles. The second-order valence-corrected chi connectivity index (χ2v) is 5.06. The summed E-state index contributed by atoms with van der Waals surface area (Å²) in [5.74, 6) is -4.11. The predicted octanol–water partition coefficient (Wildman–Crippen LogP) is 3.81. The van der Waals surface area contributed by atoms with Crippen molar-refractivity contribution < 1.29 is 18.3 Å². The van der Waals surface area contributed by atoms with Gasteiger partial charge in [-0.3, -0.25) is 0 Å². The van der Waals surface area contributed by atoms with Crippen LogP contribution in [0.3, 0.4) is 0 Å². The van der Waals surface area contributed by atoms with Crippen molar-refractivity contribution in [2.24, 2.45) is 0 Å². The molecule has 18 heavy (non-hydrogen) atoms. The largest absolute Gasteiger partial charge is 0.383 e. The number of hydrogen-bond acceptors (Lipinski definition) is 2. The molecule has 0 spiro atoms. The van der Waals surface area contributed by atoms with Crippen LogP contribution in [0.2, 0.25) is 0 Å². The summed E-state index contributed by atoms with van der Waals surface area (Å²) in [6, 6.07) is 5.18. The van der Waals surface area contributed by atoms with Gasteiger partial charge in [-0.1, -0.05) is 6.92 Å². The topological polar surface area (TPSA) is 20.2 Å². The van der Waals surface area contributed by atoms with Gasteiger partial charge in [0.25, 0.3) is 0 Å². The molecule has 0 radical (unpaired) electrons. The van der Waals surface area contributed by atoms with Gasteiger partial charge in [0.05, 0.1) is 0 Å². The smallest absolute Gasteiger partial charge is 0.194 e. The lowest BCUT2D eigenvalue weighted by Gasteiger charge is -2.09. The zero-order chi connectivity index (χ0) is 13.3. The molecule has 1 aromatic heterocycles. The van der Waals surface area contributed by atoms with Crippen LogP contribution in [0.4, 0.5) is 13.2 Å². The van der Waals surface area contributed by atoms with E-state index in [9.17, 15) is 18.3 Å². The van der Waals surface area contributed by atoms with Crippen molar-refractivity contribution in [2.75, 3.05) is 0 Å². The Morgan fingerprint density at radius 3 is 2.28 bits per heavy atom. The number of halogens is 3. The van der Waals surface area contributed by atoms with E-state index in [1.807, 2.05) is 13.0 Å². The molecular weight excluding hydrogens is 261 g/mol. The molecule has 0 saturated carbocycles. The molecule has 2 rings (SSSR count). The third-order valence-electron chi connectivity index (χ3n) is 2.62. The van der Waals surface area contributed by atoms with Crippen LogP contribution in [0, 0.1) is 17.5 Å². The molecule has 0 fully saturated rings. The van der Waals surface area contributed by atoms with Gasteiger partial charge in [0, 0.05) is 9.75 Å². The minimum Gasteiger partial charge on any atom is -0.383 e. The highest BCUT2D eigenvalue weighted by Crippen LogP contribution is 2.30. The van der Waals surface area contributed by atoms with Gasteiger partial charge >= 0.3 is 0 Å². The minimum absolute atomic E-state index is 0.0101. The molecule has 2 aromatic rings. The molecule has 0 bridgehead atoms. The highest BCUT2D eigenvalue weighted by atomic mass is 32.1. The van der Waals surface area contributed by atoms with E-state index in [1.54, 1.807) is 6.07 Å². The van der Waals surface area contributed by atoms with Crippen LogP contribution in [0.15, 0.2) is 24.3 Å². The molecule has 0 saturated heterocycles. The van der Waals surface area contributed by atoms with E-state index in [0.29, 0.717) is 4.88 Å². The van der Waals surface area contributed by atoms with Gasteiger partial charge in [0.15, 0.2) is 17.5 Å². The van der Waals surface area contributed by atoms with Crippen molar-refractivity contribution in [1.82, 2.24) is 0 Å². The van der Waals surface area contributed by atoms with Gasteiger partial charge in [0.1, 0.15) is 6.10 Å². The average Bonchev–Trinajstić information content (AvgIpc) is 2.83. The highest BCUT2D eigenvalue weighted by molar-refractivity contribution is 7.12. The van der Waals surface area contributed by atoms with Crippen LogP contribution < -0.4 is 0 Å². The summed E-state index contributed by atoms with van der Waals surface area (Å²) in [4.78, 5) is 1.64. The van der Waals surface area contributed by atoms with E-state index in [4.69, 9.17) is 0 Å². The molecule has 0 aliphatic carbocycles. The Kier molecular flexibility index (Phi) is 3.73. The standard InChI is InChI=1S/C13H11F3OS/c1-2-8-3-4-11(18-8)13(17)7-5-9(14)12(16)10(15)6-7/h3-6,13,17H,2H2,1H3. The second-order valence-electron chi connectivity index (χ2n) is 3.86. The van der Waals surface area contributed by atoms with Gasteiger partial charge in [-0.2, -0.15) is 0 Å². The zero-order valence-corrected chi connectivity index (χ0v) is 10.4. The molecule has 1 unspecified atom stereocenters. The van der Waals surface area contributed by atoms with Crippen LogP contribution in [0.5, 0.6) is 0 Å². The molecule has 96 valence electrons. The predicted molar refractivity (Wildman–Crippen MR) is 64.1 cm³/mol. The fourth-order valence-electron chi connectivity index (χ4n) is 1.63. The lowest BCUT2D eigenvalue weighted by molar-refractivity contribution is 0.222. The van der Waals surface area contributed by atoms with E-state index in [2.05, 4.69) is 0 Å². The molecule has 5 heteroatoms. The third kappa shape index (κ3) is 2.42. The highest BCUT2D eigenvalue weighted by Gasteiger charge is 2.18. The normalized spacial score (nSPS) is 12.7. The monoisotopic (exact) mass is 272 g/mol. The number of hydrogen-bond donors (Lipinski definition) is 1. The number of aliphatic hydroxyl groups excluding tert-OH is 1. The maximum absolute atomic E-state index is 13.1. The summed E-state index contributed by atoms with van der Waals surface area (Å²) < 4.78 is 38.9. The lowest BCUT2D eigenvalue weighted by Crippen LogP contribution is -2.01. The SMILES string of the molecule is CCc1ccc(C(O)c2cc(F)c(F)c(F)c2)s1. The van der Waals surface area contributed by atoms with Crippen LogP contribution in [-0.2, 0) is 6.42 Å². The Morgan fingerprint density at radius 1 is 1.17 bits per heavy atom. The molecule has 0 aliphatic rings. The summed E-state index contributed by atoms with van der Waals surface area (Å²) in [6.45, 7) is 1.97. The first-order valence-corrected chi connectivity index (χ1v) is 6.25. The number of thiophene rings is 1. The number of rotatable bonds is 3. The van der Waals surface area contributed by atoms with Gasteiger partial charge in [-0.15, -0.1) is 11.3 Å². The van der Waals surface area contributed by atoms with Crippen molar-refractivity contribution in [1.29, 1.82) is 0 Å². The van der Waals surface area contributed by atoms with Crippen LogP contribution in [0.1, 0.15) is 28.3 Å². The van der Waals surface area contributed by atoms with Gasteiger partial charge in [0.2, 0.25) is 0 Å². The maximum atomic E-state index is 13.1. The Hall–Kier alpha value is -1.33. The maximum Gasteiger partial charge on any atom is 0.194 e. The lowest BCUT2D eigenvalue weighted by atomic mass is 10.1. The molecule has 1 nitrogen and oxygen atoms in total. The van der Waals surface area contributed by atoms with Crippen LogP contribution in [-0.4, -0.2) is 5.11 Å². The van der Waals surface area contributed by atoms with Crippen LogP contribution in [0.25, 0.3) is 0 Å². The molecule has 1 heterocycles. The molecule has 1 N–H and O–H groups in total. The average molecular weight is 272 g/mol. The fraction of sp³-hybridized carbons (Fsp3) is 0.231. The van der Waals surface area contributed by atoms with Crippen LogP contribution >= 0.6 is 11.3 Å². The van der Waals surface area contributed by atoms with E-state index >= 15 is 0 Å². The first-order valence-electron chi connectivity index (χ1n) is 5.44. The van der Waals surface area contributed by atoms with Crippen molar-refractivity contribution in [3.63, 3.8) is 0 Å². The number of aryl methyl sites for hydroxylation is 1. The van der Waals surface area contributed by atoms with Gasteiger partial charge in [-0.05, 0) is 36.2 Å². The summed E-state index contributed by atoms with van der Waals surface area (Å²) >= 11 is 1.36. The Balaban J connectivity index is 2.36. The first-order chi connectivity index (χ1) is 8.52. The summed E-state index contributed by atoms with van der Waals surface area (Å²) in [5, 5.41) is 10.00. The first kappa shape index (κ1) is 13.1. The number of aliphatic hydroxyl groups is 1. The Bertz CT molecular complexity index is 542. The van der Waals surface area contributed by atoms with E-state index in [0.717, 1.165) is 23.4 Å². The quantitative estimate of drug-likeness (QED) is 0.842. The third-order valence-corrected chi connectivity index (χ3v) is 3.90. The van der Waals surface area contributed by atoms with Gasteiger partial charge < -0.3 is 5.11 Å². The molecule has 0 amide bonds. The molecule has 1 atom stereocenters. The molecule has 0 aliphatic heterocycles. The van der Waals surface area contributed by atoms with Crippen molar-refractivity contribution >= 4 is 11.3 Å². The summed E-state index contributed by atoms with van der Waals surface area (Å²) in [6.07, 6.45) is -0.316. The summed E-state index contributed by atoms with van der Waals surface area (Å²) in [7, 11) is 0. The Morgan fingerprint density at radius 2 is 1.78 bits per heavy atom. The second kappa shape index (κ2) is 5.12. The Labute approximate surface area is 107 Å². The zero-order valence-electron chi connectivity index (χ0n) is 9.58. The van der Waals surface area contributed by atoms with Gasteiger partial charge in [-0.25, -0.2) is 13.2 Å².